The third-order valence-corrected chi connectivity index (χ3v) is 2.72. The summed E-state index contributed by atoms with van der Waals surface area (Å²) in [7, 11) is 0. The summed E-state index contributed by atoms with van der Waals surface area (Å²) in [6, 6.07) is 4.09. The highest BCUT2D eigenvalue weighted by molar-refractivity contribution is 5.78. The lowest BCUT2D eigenvalue weighted by molar-refractivity contribution is -0.121. The van der Waals surface area contributed by atoms with Crippen LogP contribution in [-0.2, 0) is 10.7 Å². The number of carbonyl (C=O) groups excluding carboxylic acids is 1. The summed E-state index contributed by atoms with van der Waals surface area (Å²) in [6.45, 7) is -0.0385. The summed E-state index contributed by atoms with van der Waals surface area (Å²) < 4.78 is 40.3. The van der Waals surface area contributed by atoms with E-state index in [1.807, 2.05) is 0 Å². The van der Waals surface area contributed by atoms with Crippen molar-refractivity contribution in [2.75, 3.05) is 6.54 Å². The first-order valence-corrected chi connectivity index (χ1v) is 4.90. The van der Waals surface area contributed by atoms with Gasteiger partial charge in [0.15, 0.2) is 0 Å². The minimum Gasteiger partial charge on any atom is -0.356 e. The Morgan fingerprint density at radius 2 is 1.88 bits per heavy atom. The number of rotatable bonds is 2. The zero-order valence-corrected chi connectivity index (χ0v) is 8.34. The van der Waals surface area contributed by atoms with Gasteiger partial charge in [-0.15, -0.1) is 0 Å². The molecule has 1 heterocycles. The van der Waals surface area contributed by atoms with Gasteiger partial charge in [0, 0.05) is 18.5 Å². The van der Waals surface area contributed by atoms with Gasteiger partial charge in [-0.3, -0.25) is 4.79 Å². The number of alkyl halides is 2. The molecule has 1 aliphatic heterocycles. The van der Waals surface area contributed by atoms with Gasteiger partial charge in [0.05, 0.1) is 5.92 Å². The summed E-state index contributed by atoms with van der Waals surface area (Å²) in [5.74, 6) is -5.08. The summed E-state index contributed by atoms with van der Waals surface area (Å²) in [4.78, 5) is 10.9. The molecule has 1 saturated heterocycles. The van der Waals surface area contributed by atoms with Gasteiger partial charge in [-0.2, -0.15) is 0 Å². The summed E-state index contributed by atoms with van der Waals surface area (Å²) in [5, 5.41) is 2.36. The molecular formula is C11H10F3NO. The molecule has 1 amide bonds. The lowest BCUT2D eigenvalue weighted by Crippen LogP contribution is -2.27. The SMILES string of the molecule is O=C1CC(C(F)(F)c2ccc(F)cc2)CN1. The molecule has 2 rings (SSSR count). The third-order valence-electron chi connectivity index (χ3n) is 2.72. The first kappa shape index (κ1) is 11.0. The fourth-order valence-corrected chi connectivity index (χ4v) is 1.77. The maximum absolute atomic E-state index is 13.9. The highest BCUT2D eigenvalue weighted by Crippen LogP contribution is 2.39. The van der Waals surface area contributed by atoms with Crippen LogP contribution in [0, 0.1) is 11.7 Å². The minimum absolute atomic E-state index is 0.0385. The van der Waals surface area contributed by atoms with Crippen molar-refractivity contribution in [3.05, 3.63) is 35.6 Å². The van der Waals surface area contributed by atoms with Crippen molar-refractivity contribution in [2.24, 2.45) is 5.92 Å². The van der Waals surface area contributed by atoms with Gasteiger partial charge in [-0.05, 0) is 12.1 Å². The van der Waals surface area contributed by atoms with Crippen LogP contribution >= 0.6 is 0 Å². The van der Waals surface area contributed by atoms with Crippen LogP contribution in [0.15, 0.2) is 24.3 Å². The molecule has 0 radical (unpaired) electrons. The molecule has 0 bridgehead atoms. The van der Waals surface area contributed by atoms with Gasteiger partial charge in [-0.1, -0.05) is 12.1 Å². The van der Waals surface area contributed by atoms with E-state index >= 15 is 0 Å². The molecule has 86 valence electrons. The topological polar surface area (TPSA) is 29.1 Å². The number of amides is 1. The van der Waals surface area contributed by atoms with Gasteiger partial charge in [0.25, 0.3) is 5.92 Å². The highest BCUT2D eigenvalue weighted by Gasteiger charge is 2.44. The molecule has 1 aromatic carbocycles. The largest absolute Gasteiger partial charge is 0.356 e. The van der Waals surface area contributed by atoms with E-state index in [-0.39, 0.29) is 24.4 Å². The summed E-state index contributed by atoms with van der Waals surface area (Å²) in [6.07, 6.45) is -0.190. The Morgan fingerprint density at radius 1 is 1.25 bits per heavy atom. The molecular weight excluding hydrogens is 219 g/mol. The quantitative estimate of drug-likeness (QED) is 0.826. The molecule has 1 aromatic rings. The van der Waals surface area contributed by atoms with Crippen LogP contribution in [0.1, 0.15) is 12.0 Å². The molecule has 0 aliphatic carbocycles. The normalized spacial score (nSPS) is 20.9. The summed E-state index contributed by atoms with van der Waals surface area (Å²) >= 11 is 0. The van der Waals surface area contributed by atoms with E-state index in [0.29, 0.717) is 0 Å². The Balaban J connectivity index is 2.24. The maximum Gasteiger partial charge on any atom is 0.278 e. The molecule has 0 aromatic heterocycles. The van der Waals surface area contributed by atoms with E-state index in [4.69, 9.17) is 0 Å². The predicted octanol–water partition coefficient (Wildman–Crippen LogP) is 2.05. The smallest absolute Gasteiger partial charge is 0.278 e. The van der Waals surface area contributed by atoms with Crippen LogP contribution in [0.2, 0.25) is 0 Å². The van der Waals surface area contributed by atoms with Crippen molar-refractivity contribution in [1.82, 2.24) is 5.32 Å². The fourth-order valence-electron chi connectivity index (χ4n) is 1.77. The number of halogens is 3. The molecule has 1 N–H and O–H groups in total. The standard InChI is InChI=1S/C11H10F3NO/c12-9-3-1-7(2-4-9)11(13,14)8-5-10(16)15-6-8/h1-4,8H,5-6H2,(H,15,16). The van der Waals surface area contributed by atoms with E-state index in [1.165, 1.54) is 0 Å². The molecule has 1 unspecified atom stereocenters. The lowest BCUT2D eigenvalue weighted by Gasteiger charge is -2.22. The molecule has 0 saturated carbocycles. The van der Waals surface area contributed by atoms with Gasteiger partial charge in [0.2, 0.25) is 5.91 Å². The van der Waals surface area contributed by atoms with Crippen molar-refractivity contribution in [2.45, 2.75) is 12.3 Å². The second-order valence-electron chi connectivity index (χ2n) is 3.83. The van der Waals surface area contributed by atoms with E-state index in [0.717, 1.165) is 24.3 Å². The number of benzene rings is 1. The van der Waals surface area contributed by atoms with Crippen molar-refractivity contribution >= 4 is 5.91 Å². The van der Waals surface area contributed by atoms with Crippen LogP contribution in [0.4, 0.5) is 13.2 Å². The maximum atomic E-state index is 13.9. The molecule has 1 atom stereocenters. The van der Waals surface area contributed by atoms with Crippen LogP contribution in [0.3, 0.4) is 0 Å². The van der Waals surface area contributed by atoms with Crippen LogP contribution < -0.4 is 5.32 Å². The van der Waals surface area contributed by atoms with Crippen LogP contribution in [0.25, 0.3) is 0 Å². The number of nitrogens with one attached hydrogen (secondary N) is 1. The Labute approximate surface area is 90.5 Å². The average Bonchev–Trinajstić information content (AvgIpc) is 2.66. The van der Waals surface area contributed by atoms with Gasteiger partial charge in [-0.25, -0.2) is 13.2 Å². The first-order chi connectivity index (χ1) is 7.50. The molecule has 2 nitrogen and oxygen atoms in total. The molecule has 1 aliphatic rings. The Morgan fingerprint density at radius 3 is 2.38 bits per heavy atom. The van der Waals surface area contributed by atoms with Crippen LogP contribution in [0.5, 0.6) is 0 Å². The average molecular weight is 229 g/mol. The van der Waals surface area contributed by atoms with Gasteiger partial charge in [0.1, 0.15) is 5.82 Å². The van der Waals surface area contributed by atoms with E-state index in [1.54, 1.807) is 0 Å². The zero-order valence-electron chi connectivity index (χ0n) is 8.34. The number of hydrogen-bond acceptors (Lipinski definition) is 1. The van der Waals surface area contributed by atoms with Gasteiger partial charge >= 0.3 is 0 Å². The fraction of sp³-hybridized carbons (Fsp3) is 0.364. The number of carbonyl (C=O) groups is 1. The Kier molecular flexibility index (Phi) is 2.61. The zero-order chi connectivity index (χ0) is 11.8. The molecule has 0 spiro atoms. The van der Waals surface area contributed by atoms with Crippen molar-refractivity contribution in [1.29, 1.82) is 0 Å². The van der Waals surface area contributed by atoms with E-state index in [9.17, 15) is 18.0 Å². The van der Waals surface area contributed by atoms with Gasteiger partial charge < -0.3 is 5.32 Å². The Hall–Kier alpha value is -1.52. The molecule has 5 heteroatoms. The van der Waals surface area contributed by atoms with E-state index < -0.39 is 17.7 Å². The molecule has 1 fully saturated rings. The third kappa shape index (κ3) is 1.89. The van der Waals surface area contributed by atoms with Crippen molar-refractivity contribution < 1.29 is 18.0 Å². The first-order valence-electron chi connectivity index (χ1n) is 4.90. The highest BCUT2D eigenvalue weighted by atomic mass is 19.3. The molecule has 16 heavy (non-hydrogen) atoms. The van der Waals surface area contributed by atoms with Crippen LogP contribution in [-0.4, -0.2) is 12.5 Å². The summed E-state index contributed by atoms with van der Waals surface area (Å²) in [5.41, 5.74) is -0.254. The lowest BCUT2D eigenvalue weighted by atomic mass is 9.94. The van der Waals surface area contributed by atoms with Crippen molar-refractivity contribution in [3.63, 3.8) is 0 Å². The monoisotopic (exact) mass is 229 g/mol. The minimum atomic E-state index is -3.10. The van der Waals surface area contributed by atoms with Crippen molar-refractivity contribution in [3.8, 4) is 0 Å². The number of hydrogen-bond donors (Lipinski definition) is 1. The second-order valence-corrected chi connectivity index (χ2v) is 3.83. The van der Waals surface area contributed by atoms with E-state index in [2.05, 4.69) is 5.32 Å². The second kappa shape index (κ2) is 3.81. The Bertz CT molecular complexity index is 402. The predicted molar refractivity (Wildman–Crippen MR) is 51.4 cm³/mol.